The predicted octanol–water partition coefficient (Wildman–Crippen LogP) is 6.14. The highest BCUT2D eigenvalue weighted by molar-refractivity contribution is 7.13. The zero-order valence-corrected chi connectivity index (χ0v) is 16.9. The second-order valence-corrected chi connectivity index (χ2v) is 7.41. The minimum Gasteiger partial charge on any atom is -0.489 e. The molecule has 0 saturated carbocycles. The van der Waals surface area contributed by atoms with Crippen LogP contribution in [0, 0.1) is 6.92 Å². The Bertz CT molecular complexity index is 1110. The lowest BCUT2D eigenvalue weighted by Gasteiger charge is -2.10. The smallest absolute Gasteiger partial charge is 0.203 e. The van der Waals surface area contributed by atoms with Crippen LogP contribution >= 0.6 is 11.3 Å². The number of aromatic nitrogens is 1. The zero-order chi connectivity index (χ0) is 19.9. The van der Waals surface area contributed by atoms with E-state index in [4.69, 9.17) is 4.74 Å². The Balaban J connectivity index is 1.51. The van der Waals surface area contributed by atoms with E-state index < -0.39 is 0 Å². The molecule has 0 amide bonds. The van der Waals surface area contributed by atoms with E-state index in [9.17, 15) is 0 Å². The van der Waals surface area contributed by atoms with Gasteiger partial charge < -0.3 is 4.74 Å². The van der Waals surface area contributed by atoms with Crippen molar-refractivity contribution in [1.29, 1.82) is 0 Å². The quantitative estimate of drug-likeness (QED) is 0.300. The van der Waals surface area contributed by atoms with E-state index in [0.29, 0.717) is 6.61 Å². The first kappa shape index (κ1) is 18.9. The first-order valence-corrected chi connectivity index (χ1v) is 10.2. The highest BCUT2D eigenvalue weighted by Gasteiger charge is 2.05. The third-order valence-corrected chi connectivity index (χ3v) is 5.20. The highest BCUT2D eigenvalue weighted by atomic mass is 32.1. The minimum atomic E-state index is 0.546. The van der Waals surface area contributed by atoms with Crippen LogP contribution in [0.2, 0.25) is 0 Å². The monoisotopic (exact) mass is 399 g/mol. The van der Waals surface area contributed by atoms with Gasteiger partial charge >= 0.3 is 0 Å². The van der Waals surface area contributed by atoms with Crippen LogP contribution in [0.15, 0.2) is 89.3 Å². The van der Waals surface area contributed by atoms with Crippen molar-refractivity contribution in [3.8, 4) is 16.9 Å². The predicted molar refractivity (Wildman–Crippen MR) is 121 cm³/mol. The van der Waals surface area contributed by atoms with Crippen molar-refractivity contribution in [2.45, 2.75) is 13.5 Å². The summed E-state index contributed by atoms with van der Waals surface area (Å²) < 4.78 is 5.98. The summed E-state index contributed by atoms with van der Waals surface area (Å²) in [6.45, 7) is 2.51. The molecule has 0 bridgehead atoms. The first-order valence-electron chi connectivity index (χ1n) is 9.35. The molecule has 0 aliphatic heterocycles. The maximum Gasteiger partial charge on any atom is 0.203 e. The number of nitrogens with one attached hydrogen (secondary N) is 1. The summed E-state index contributed by atoms with van der Waals surface area (Å²) in [4.78, 5) is 4.36. The Morgan fingerprint density at radius 2 is 1.83 bits per heavy atom. The van der Waals surface area contributed by atoms with Gasteiger partial charge in [-0.2, -0.15) is 5.10 Å². The molecule has 1 heterocycles. The maximum absolute atomic E-state index is 5.98. The molecule has 1 N–H and O–H groups in total. The van der Waals surface area contributed by atoms with Crippen LogP contribution in [0.25, 0.3) is 11.1 Å². The van der Waals surface area contributed by atoms with Crippen molar-refractivity contribution in [3.05, 3.63) is 101 Å². The van der Waals surface area contributed by atoms with E-state index in [1.807, 2.05) is 67.0 Å². The Morgan fingerprint density at radius 3 is 2.66 bits per heavy atom. The van der Waals surface area contributed by atoms with Crippen molar-refractivity contribution in [3.63, 3.8) is 0 Å². The minimum absolute atomic E-state index is 0.546. The molecule has 4 nitrogen and oxygen atoms in total. The summed E-state index contributed by atoms with van der Waals surface area (Å²) in [5.74, 6) is 0.842. The Morgan fingerprint density at radius 1 is 1.00 bits per heavy atom. The van der Waals surface area contributed by atoms with Crippen molar-refractivity contribution < 1.29 is 4.74 Å². The lowest BCUT2D eigenvalue weighted by atomic mass is 10.0. The number of thiazole rings is 1. The average Bonchev–Trinajstić information content (AvgIpc) is 3.18. The number of rotatable bonds is 7. The zero-order valence-electron chi connectivity index (χ0n) is 16.1. The van der Waals surface area contributed by atoms with E-state index in [1.54, 1.807) is 0 Å². The molecule has 4 rings (SSSR count). The summed E-state index contributed by atoms with van der Waals surface area (Å²) in [6.07, 6.45) is 1.82. The Hall–Kier alpha value is -3.44. The fourth-order valence-corrected chi connectivity index (χ4v) is 3.57. The van der Waals surface area contributed by atoms with E-state index in [-0.39, 0.29) is 0 Å². The fraction of sp³-hybridized carbons (Fsp3) is 0.0833. The van der Waals surface area contributed by atoms with Crippen molar-refractivity contribution in [2.24, 2.45) is 5.10 Å². The van der Waals surface area contributed by atoms with Crippen molar-refractivity contribution >= 4 is 22.7 Å². The van der Waals surface area contributed by atoms with E-state index in [2.05, 4.69) is 45.8 Å². The van der Waals surface area contributed by atoms with Gasteiger partial charge in [0.1, 0.15) is 12.4 Å². The largest absolute Gasteiger partial charge is 0.489 e. The van der Waals surface area contributed by atoms with Gasteiger partial charge in [-0.05, 0) is 35.7 Å². The molecule has 0 unspecified atom stereocenters. The molecule has 0 fully saturated rings. The standard InChI is InChI=1S/C24H21N3OS/c1-18-17-29-24(26-18)27-25-15-21-10-5-6-13-23(21)20-11-7-12-22(14-20)28-16-19-8-3-2-4-9-19/h2-15,17H,16H2,1H3,(H,26,27). The molecule has 0 radical (unpaired) electrons. The molecule has 0 spiro atoms. The number of hydrogen-bond acceptors (Lipinski definition) is 5. The Labute approximate surface area is 174 Å². The number of hydrazone groups is 1. The second kappa shape index (κ2) is 9.17. The molecule has 0 atom stereocenters. The van der Waals surface area contributed by atoms with Gasteiger partial charge in [-0.15, -0.1) is 11.3 Å². The fourth-order valence-electron chi connectivity index (χ4n) is 2.93. The topological polar surface area (TPSA) is 46.5 Å². The van der Waals surface area contributed by atoms with Crippen LogP contribution in [-0.2, 0) is 6.61 Å². The first-order chi connectivity index (χ1) is 14.3. The lowest BCUT2D eigenvalue weighted by Crippen LogP contribution is -1.96. The third-order valence-electron chi connectivity index (χ3n) is 4.34. The van der Waals surface area contributed by atoms with Crippen LogP contribution in [0.5, 0.6) is 5.75 Å². The van der Waals surface area contributed by atoms with Gasteiger partial charge in [0.05, 0.1) is 11.9 Å². The molecule has 0 aliphatic rings. The second-order valence-electron chi connectivity index (χ2n) is 6.55. The van der Waals surface area contributed by atoms with Crippen LogP contribution in [-0.4, -0.2) is 11.2 Å². The number of anilines is 1. The Kier molecular flexibility index (Phi) is 5.98. The lowest BCUT2D eigenvalue weighted by molar-refractivity contribution is 0.306. The molecular weight excluding hydrogens is 378 g/mol. The van der Waals surface area contributed by atoms with Crippen LogP contribution in [0.1, 0.15) is 16.8 Å². The number of hydrogen-bond donors (Lipinski definition) is 1. The van der Waals surface area contributed by atoms with Crippen LogP contribution in [0.4, 0.5) is 5.13 Å². The van der Waals surface area contributed by atoms with Crippen molar-refractivity contribution in [1.82, 2.24) is 4.98 Å². The molecule has 0 aliphatic carbocycles. The van der Waals surface area contributed by atoms with Gasteiger partial charge in [-0.3, -0.25) is 5.43 Å². The maximum atomic E-state index is 5.98. The molecule has 4 aromatic rings. The number of benzene rings is 3. The van der Waals surface area contributed by atoms with Gasteiger partial charge in [0.15, 0.2) is 0 Å². The SMILES string of the molecule is Cc1csc(NN=Cc2ccccc2-c2cccc(OCc3ccccc3)c2)n1. The number of nitrogens with zero attached hydrogens (tertiary/aromatic N) is 2. The average molecular weight is 400 g/mol. The molecule has 144 valence electrons. The van der Waals surface area contributed by atoms with Crippen LogP contribution in [0.3, 0.4) is 0 Å². The van der Waals surface area contributed by atoms with Gasteiger partial charge in [-0.1, -0.05) is 66.7 Å². The van der Waals surface area contributed by atoms with Gasteiger partial charge in [0.25, 0.3) is 0 Å². The number of ether oxygens (including phenoxy) is 1. The summed E-state index contributed by atoms with van der Waals surface area (Å²) >= 11 is 1.54. The summed E-state index contributed by atoms with van der Waals surface area (Å²) in [6, 6.07) is 26.5. The summed E-state index contributed by atoms with van der Waals surface area (Å²) in [5, 5.41) is 7.13. The molecule has 0 saturated heterocycles. The molecule has 1 aromatic heterocycles. The normalized spacial score (nSPS) is 10.9. The summed E-state index contributed by atoms with van der Waals surface area (Å²) in [5.41, 5.74) is 8.33. The molecule has 29 heavy (non-hydrogen) atoms. The van der Waals surface area contributed by atoms with Crippen LogP contribution < -0.4 is 10.2 Å². The van der Waals surface area contributed by atoms with E-state index in [0.717, 1.165) is 38.8 Å². The van der Waals surface area contributed by atoms with Crippen molar-refractivity contribution in [2.75, 3.05) is 5.43 Å². The van der Waals surface area contributed by atoms with Gasteiger partial charge in [0.2, 0.25) is 5.13 Å². The number of aryl methyl sites for hydroxylation is 1. The molecule has 3 aromatic carbocycles. The molecule has 5 heteroatoms. The molecular formula is C24H21N3OS. The third kappa shape index (κ3) is 5.09. The van der Waals surface area contributed by atoms with Gasteiger partial charge in [0, 0.05) is 10.9 Å². The van der Waals surface area contributed by atoms with E-state index >= 15 is 0 Å². The highest BCUT2D eigenvalue weighted by Crippen LogP contribution is 2.27. The van der Waals surface area contributed by atoms with Gasteiger partial charge in [-0.25, -0.2) is 4.98 Å². The summed E-state index contributed by atoms with van der Waals surface area (Å²) in [7, 11) is 0. The van der Waals surface area contributed by atoms with E-state index in [1.165, 1.54) is 11.3 Å².